The molecule has 0 bridgehead atoms. The van der Waals surface area contributed by atoms with Crippen molar-refractivity contribution in [3.05, 3.63) is 41.2 Å². The zero-order valence-corrected chi connectivity index (χ0v) is 18.9. The van der Waals surface area contributed by atoms with Gasteiger partial charge in [-0.25, -0.2) is 4.39 Å². The van der Waals surface area contributed by atoms with E-state index in [1.54, 1.807) is 11.8 Å². The van der Waals surface area contributed by atoms with Crippen LogP contribution in [0.3, 0.4) is 0 Å². The molecular formula is C24H28F4N4O2. The van der Waals surface area contributed by atoms with Crippen LogP contribution in [-0.4, -0.2) is 54.8 Å². The molecule has 0 radical (unpaired) electrons. The predicted octanol–water partition coefficient (Wildman–Crippen LogP) is 3.96. The van der Waals surface area contributed by atoms with Gasteiger partial charge in [-0.15, -0.1) is 10.2 Å². The van der Waals surface area contributed by atoms with Crippen molar-refractivity contribution in [2.75, 3.05) is 31.3 Å². The summed E-state index contributed by atoms with van der Waals surface area (Å²) >= 11 is 0. The highest BCUT2D eigenvalue weighted by Gasteiger charge is 2.50. The van der Waals surface area contributed by atoms with Gasteiger partial charge in [0.05, 0.1) is 31.6 Å². The van der Waals surface area contributed by atoms with E-state index in [1.165, 1.54) is 18.2 Å². The van der Waals surface area contributed by atoms with Crippen LogP contribution in [0, 0.1) is 24.6 Å². The number of rotatable bonds is 4. The van der Waals surface area contributed by atoms with Gasteiger partial charge in [0.2, 0.25) is 0 Å². The molecule has 10 heteroatoms. The molecule has 5 rings (SSSR count). The van der Waals surface area contributed by atoms with Gasteiger partial charge in [0.1, 0.15) is 11.4 Å². The van der Waals surface area contributed by atoms with Gasteiger partial charge < -0.3 is 20.1 Å². The molecule has 2 N–H and O–H groups in total. The number of hydrogen-bond donors (Lipinski definition) is 1. The molecule has 2 saturated heterocycles. The van der Waals surface area contributed by atoms with Crippen molar-refractivity contribution in [3.63, 3.8) is 0 Å². The van der Waals surface area contributed by atoms with E-state index in [4.69, 9.17) is 15.2 Å². The average molecular weight is 481 g/mol. The number of halogens is 4. The average Bonchev–Trinajstić information content (AvgIpc) is 3.32. The molecule has 2 aromatic rings. The predicted molar refractivity (Wildman–Crippen MR) is 118 cm³/mol. The molecule has 1 aliphatic carbocycles. The molecule has 3 fully saturated rings. The second-order valence-electron chi connectivity index (χ2n) is 9.60. The normalized spacial score (nSPS) is 29.5. The third kappa shape index (κ3) is 4.50. The zero-order chi connectivity index (χ0) is 24.0. The summed E-state index contributed by atoms with van der Waals surface area (Å²) in [5.41, 5.74) is 6.24. The van der Waals surface area contributed by atoms with Crippen molar-refractivity contribution < 1.29 is 27.0 Å². The van der Waals surface area contributed by atoms with Crippen molar-refractivity contribution in [1.29, 1.82) is 0 Å². The summed E-state index contributed by atoms with van der Waals surface area (Å²) in [6.07, 6.45) is -2.76. The van der Waals surface area contributed by atoms with Crippen LogP contribution >= 0.6 is 0 Å². The van der Waals surface area contributed by atoms with Gasteiger partial charge >= 0.3 is 6.18 Å². The lowest BCUT2D eigenvalue weighted by Crippen LogP contribution is -2.41. The molecule has 3 heterocycles. The second-order valence-corrected chi connectivity index (χ2v) is 9.60. The molecule has 3 aliphatic rings. The number of anilines is 1. The van der Waals surface area contributed by atoms with Gasteiger partial charge in [-0.3, -0.25) is 0 Å². The molecule has 0 unspecified atom stereocenters. The Bertz CT molecular complexity index is 1040. The first kappa shape index (κ1) is 23.4. The van der Waals surface area contributed by atoms with E-state index in [-0.39, 0.29) is 47.1 Å². The van der Waals surface area contributed by atoms with Gasteiger partial charge in [-0.2, -0.15) is 13.2 Å². The minimum Gasteiger partial charge on any atom is -0.376 e. The topological polar surface area (TPSA) is 73.5 Å². The Labute approximate surface area is 195 Å². The lowest BCUT2D eigenvalue weighted by atomic mass is 9.90. The van der Waals surface area contributed by atoms with Crippen LogP contribution in [0.15, 0.2) is 24.3 Å². The lowest BCUT2D eigenvalue weighted by Gasteiger charge is -2.34. The Morgan fingerprint density at radius 1 is 1.15 bits per heavy atom. The van der Waals surface area contributed by atoms with E-state index in [1.807, 2.05) is 0 Å². The highest BCUT2D eigenvalue weighted by molar-refractivity contribution is 5.66. The smallest absolute Gasteiger partial charge is 0.376 e. The molecule has 0 spiro atoms. The lowest BCUT2D eigenvalue weighted by molar-refractivity contribution is -0.137. The Morgan fingerprint density at radius 3 is 2.71 bits per heavy atom. The molecule has 2 aliphatic heterocycles. The monoisotopic (exact) mass is 480 g/mol. The first-order valence-corrected chi connectivity index (χ1v) is 11.6. The van der Waals surface area contributed by atoms with E-state index in [9.17, 15) is 17.6 Å². The van der Waals surface area contributed by atoms with E-state index >= 15 is 0 Å². The number of nitrogens with zero attached hydrogens (tertiary/aromatic N) is 3. The number of aromatic nitrogens is 2. The molecule has 0 amide bonds. The molecule has 5 atom stereocenters. The minimum absolute atomic E-state index is 0.00458. The van der Waals surface area contributed by atoms with Crippen LogP contribution in [-0.2, 0) is 15.7 Å². The highest BCUT2D eigenvalue weighted by Crippen LogP contribution is 2.47. The summed E-state index contributed by atoms with van der Waals surface area (Å²) < 4.78 is 68.0. The van der Waals surface area contributed by atoms with Crippen molar-refractivity contribution in [2.45, 2.75) is 50.6 Å². The second kappa shape index (κ2) is 9.05. The summed E-state index contributed by atoms with van der Waals surface area (Å²) in [7, 11) is 0. The standard InChI is InChI=1S/C24H28F4N4O2/c1-13-2-3-15(25)7-18(13)21-10-20(24(26,27)28)23(31-30-21)32-11-14-6-16(29)8-19(14)22(32)9-17-12-33-4-5-34-17/h2-3,7,10,14,16-17,19,22H,4-6,8-9,11-12,29H2,1H3/t14-,16+,17-,19+,22+/m1/s1. The van der Waals surface area contributed by atoms with Gasteiger partial charge in [-0.05, 0) is 61.8 Å². The number of nitrogens with two attached hydrogens (primary N) is 1. The van der Waals surface area contributed by atoms with E-state index in [0.29, 0.717) is 38.3 Å². The van der Waals surface area contributed by atoms with E-state index in [2.05, 4.69) is 10.2 Å². The minimum atomic E-state index is -4.65. The summed E-state index contributed by atoms with van der Waals surface area (Å²) in [5.74, 6) is -0.375. The first-order chi connectivity index (χ1) is 16.2. The van der Waals surface area contributed by atoms with Crippen molar-refractivity contribution >= 4 is 5.82 Å². The number of alkyl halides is 3. The van der Waals surface area contributed by atoms with E-state index < -0.39 is 17.6 Å². The maximum Gasteiger partial charge on any atom is 0.420 e. The molecule has 1 aromatic heterocycles. The molecule has 1 saturated carbocycles. The number of hydrogen-bond acceptors (Lipinski definition) is 6. The van der Waals surface area contributed by atoms with Crippen molar-refractivity contribution in [3.8, 4) is 11.3 Å². The Balaban J connectivity index is 1.53. The highest BCUT2D eigenvalue weighted by atomic mass is 19.4. The van der Waals surface area contributed by atoms with Gasteiger partial charge in [0, 0.05) is 24.2 Å². The van der Waals surface area contributed by atoms with E-state index in [0.717, 1.165) is 18.9 Å². The maximum absolute atomic E-state index is 14.3. The number of benzene rings is 1. The number of ether oxygens (including phenoxy) is 2. The Morgan fingerprint density at radius 2 is 1.97 bits per heavy atom. The third-order valence-electron chi connectivity index (χ3n) is 7.33. The van der Waals surface area contributed by atoms with Gasteiger partial charge in [0.15, 0.2) is 5.82 Å². The first-order valence-electron chi connectivity index (χ1n) is 11.6. The van der Waals surface area contributed by atoms with Crippen LogP contribution in [0.1, 0.15) is 30.4 Å². The maximum atomic E-state index is 14.3. The summed E-state index contributed by atoms with van der Waals surface area (Å²) in [5, 5.41) is 8.21. The Hall–Kier alpha value is -2.30. The van der Waals surface area contributed by atoms with Crippen LogP contribution in [0.4, 0.5) is 23.4 Å². The fourth-order valence-electron chi connectivity index (χ4n) is 5.80. The van der Waals surface area contributed by atoms with Crippen molar-refractivity contribution in [1.82, 2.24) is 10.2 Å². The van der Waals surface area contributed by atoms with Crippen LogP contribution in [0.2, 0.25) is 0 Å². The molecule has 1 aromatic carbocycles. The van der Waals surface area contributed by atoms with Crippen molar-refractivity contribution in [2.24, 2.45) is 17.6 Å². The quantitative estimate of drug-likeness (QED) is 0.668. The van der Waals surface area contributed by atoms with Crippen LogP contribution in [0.5, 0.6) is 0 Å². The Kier molecular flexibility index (Phi) is 6.24. The fraction of sp³-hybridized carbons (Fsp3) is 0.583. The third-order valence-corrected chi connectivity index (χ3v) is 7.33. The van der Waals surface area contributed by atoms with Gasteiger partial charge in [0.25, 0.3) is 0 Å². The molecule has 34 heavy (non-hydrogen) atoms. The summed E-state index contributed by atoms with van der Waals surface area (Å²) in [6.45, 7) is 3.55. The summed E-state index contributed by atoms with van der Waals surface area (Å²) in [6, 6.07) is 4.80. The number of aryl methyl sites for hydroxylation is 1. The molecular weight excluding hydrogens is 452 g/mol. The van der Waals surface area contributed by atoms with Crippen LogP contribution in [0.25, 0.3) is 11.3 Å². The van der Waals surface area contributed by atoms with Crippen LogP contribution < -0.4 is 10.6 Å². The SMILES string of the molecule is Cc1ccc(F)cc1-c1cc(C(F)(F)F)c(N2C[C@H]3C[C@H](N)C[C@@H]3[C@@H]2C[C@@H]2COCCO2)nn1. The van der Waals surface area contributed by atoms with Gasteiger partial charge in [-0.1, -0.05) is 6.07 Å². The zero-order valence-electron chi connectivity index (χ0n) is 18.9. The molecule has 184 valence electrons. The molecule has 6 nitrogen and oxygen atoms in total. The number of fused-ring (bicyclic) bond motifs is 1. The summed E-state index contributed by atoms with van der Waals surface area (Å²) in [4.78, 5) is 1.75. The largest absolute Gasteiger partial charge is 0.420 e. The fourth-order valence-corrected chi connectivity index (χ4v) is 5.80.